The molecule has 0 saturated heterocycles. The zero-order chi connectivity index (χ0) is 15.2. The van der Waals surface area contributed by atoms with Crippen LogP contribution in [0.15, 0.2) is 48.5 Å². The third-order valence-electron chi connectivity index (χ3n) is 2.60. The Bertz CT molecular complexity index is 660. The molecule has 2 aromatic rings. The van der Waals surface area contributed by atoms with E-state index in [1.165, 1.54) is 0 Å². The van der Waals surface area contributed by atoms with Gasteiger partial charge in [-0.1, -0.05) is 23.7 Å². The first-order valence-corrected chi connectivity index (χ1v) is 6.82. The van der Waals surface area contributed by atoms with E-state index < -0.39 is 0 Å². The third kappa shape index (κ3) is 4.34. The number of anilines is 2. The molecule has 2 aromatic carbocycles. The molecule has 0 atom stereocenters. The molecular weight excluding hydrogens is 308 g/mol. The number of thiocarbonyl (C=S) groups is 1. The first-order valence-electron chi connectivity index (χ1n) is 6.03. The van der Waals surface area contributed by atoms with Gasteiger partial charge in [-0.2, -0.15) is 0 Å². The van der Waals surface area contributed by atoms with E-state index in [0.717, 1.165) is 5.69 Å². The number of carbonyl (C=O) groups is 1. The lowest BCUT2D eigenvalue weighted by Crippen LogP contribution is -2.43. The molecule has 108 valence electrons. The largest absolute Gasteiger partial charge is 0.398 e. The van der Waals surface area contributed by atoms with Crippen LogP contribution in [0.1, 0.15) is 10.4 Å². The predicted molar refractivity (Wildman–Crippen MR) is 89.1 cm³/mol. The minimum absolute atomic E-state index is 0.250. The zero-order valence-corrected chi connectivity index (χ0v) is 12.5. The molecule has 0 fully saturated rings. The Kier molecular flexibility index (Phi) is 4.97. The minimum atomic E-state index is -0.367. The first kappa shape index (κ1) is 15.1. The van der Waals surface area contributed by atoms with Gasteiger partial charge in [0, 0.05) is 16.4 Å². The van der Waals surface area contributed by atoms with E-state index in [2.05, 4.69) is 16.2 Å². The van der Waals surface area contributed by atoms with Gasteiger partial charge in [0.05, 0.1) is 5.56 Å². The van der Waals surface area contributed by atoms with Crippen molar-refractivity contribution in [3.63, 3.8) is 0 Å². The number of hydrogen-bond donors (Lipinski definition) is 4. The fourth-order valence-electron chi connectivity index (χ4n) is 1.58. The summed E-state index contributed by atoms with van der Waals surface area (Å²) < 4.78 is 0. The van der Waals surface area contributed by atoms with Crippen molar-refractivity contribution in [3.8, 4) is 0 Å². The van der Waals surface area contributed by atoms with Crippen molar-refractivity contribution in [3.05, 3.63) is 59.1 Å². The highest BCUT2D eigenvalue weighted by molar-refractivity contribution is 7.80. The Labute approximate surface area is 132 Å². The number of amides is 1. The van der Waals surface area contributed by atoms with Crippen molar-refractivity contribution >= 4 is 46.2 Å². The highest BCUT2D eigenvalue weighted by Gasteiger charge is 2.08. The Balaban J connectivity index is 1.88. The van der Waals surface area contributed by atoms with Crippen molar-refractivity contribution < 1.29 is 4.79 Å². The van der Waals surface area contributed by atoms with Crippen LogP contribution in [0.4, 0.5) is 11.4 Å². The number of hydrazine groups is 1. The number of nitrogens with one attached hydrogen (secondary N) is 3. The van der Waals surface area contributed by atoms with Gasteiger partial charge in [0.25, 0.3) is 5.91 Å². The number of rotatable bonds is 2. The molecule has 0 radical (unpaired) electrons. The SMILES string of the molecule is Nc1ccccc1C(=O)NNC(=S)Nc1ccc(Cl)cc1. The average molecular weight is 321 g/mol. The second-order valence-corrected chi connectivity index (χ2v) is 4.97. The van der Waals surface area contributed by atoms with Crippen molar-refractivity contribution in [2.24, 2.45) is 0 Å². The molecule has 5 N–H and O–H groups in total. The summed E-state index contributed by atoms with van der Waals surface area (Å²) in [6.07, 6.45) is 0. The monoisotopic (exact) mass is 320 g/mol. The molecule has 2 rings (SSSR count). The molecule has 5 nitrogen and oxygen atoms in total. The number of nitrogens with two attached hydrogens (primary N) is 1. The Morgan fingerprint density at radius 2 is 1.71 bits per heavy atom. The lowest BCUT2D eigenvalue weighted by molar-refractivity contribution is 0.0945. The summed E-state index contributed by atoms with van der Waals surface area (Å²) in [6, 6.07) is 13.8. The second-order valence-electron chi connectivity index (χ2n) is 4.13. The van der Waals surface area contributed by atoms with Crippen LogP contribution >= 0.6 is 23.8 Å². The molecule has 0 bridgehead atoms. The molecule has 0 saturated carbocycles. The molecule has 0 aromatic heterocycles. The fraction of sp³-hybridized carbons (Fsp3) is 0. The van der Waals surface area contributed by atoms with Crippen LogP contribution in [0, 0.1) is 0 Å². The van der Waals surface area contributed by atoms with Gasteiger partial charge in [-0.3, -0.25) is 15.6 Å². The zero-order valence-electron chi connectivity index (χ0n) is 10.9. The van der Waals surface area contributed by atoms with Crippen LogP contribution in [0.5, 0.6) is 0 Å². The van der Waals surface area contributed by atoms with Crippen molar-refractivity contribution in [1.82, 2.24) is 10.9 Å². The van der Waals surface area contributed by atoms with Crippen molar-refractivity contribution in [1.29, 1.82) is 0 Å². The van der Waals surface area contributed by atoms with Crippen LogP contribution in [-0.2, 0) is 0 Å². The number of halogens is 1. The molecule has 7 heteroatoms. The van der Waals surface area contributed by atoms with E-state index >= 15 is 0 Å². The van der Waals surface area contributed by atoms with E-state index in [1.54, 1.807) is 48.5 Å². The molecule has 0 heterocycles. The average Bonchev–Trinajstić information content (AvgIpc) is 2.48. The van der Waals surface area contributed by atoms with Crippen molar-refractivity contribution in [2.75, 3.05) is 11.1 Å². The van der Waals surface area contributed by atoms with Crippen molar-refractivity contribution in [2.45, 2.75) is 0 Å². The molecule has 0 unspecified atom stereocenters. The summed E-state index contributed by atoms with van der Waals surface area (Å²) in [5.74, 6) is -0.367. The summed E-state index contributed by atoms with van der Waals surface area (Å²) in [6.45, 7) is 0. The summed E-state index contributed by atoms with van der Waals surface area (Å²) in [5.41, 5.74) is 12.3. The van der Waals surface area contributed by atoms with E-state index in [-0.39, 0.29) is 11.0 Å². The Hall–Kier alpha value is -2.31. The molecule has 0 aliphatic carbocycles. The van der Waals surface area contributed by atoms with Crippen LogP contribution in [0.3, 0.4) is 0 Å². The van der Waals surface area contributed by atoms with Crippen LogP contribution in [-0.4, -0.2) is 11.0 Å². The number of carbonyl (C=O) groups excluding carboxylic acids is 1. The molecule has 0 aliphatic heterocycles. The maximum Gasteiger partial charge on any atom is 0.271 e. The lowest BCUT2D eigenvalue weighted by Gasteiger charge is -2.12. The van der Waals surface area contributed by atoms with E-state index in [9.17, 15) is 4.79 Å². The number of para-hydroxylation sites is 1. The molecule has 0 spiro atoms. The third-order valence-corrected chi connectivity index (χ3v) is 3.05. The molecule has 1 amide bonds. The normalized spacial score (nSPS) is 9.76. The van der Waals surface area contributed by atoms with Crippen LogP contribution in [0.25, 0.3) is 0 Å². The first-order chi connectivity index (χ1) is 10.1. The minimum Gasteiger partial charge on any atom is -0.398 e. The van der Waals surface area contributed by atoms with E-state index in [1.807, 2.05) is 0 Å². The Morgan fingerprint density at radius 3 is 2.38 bits per heavy atom. The standard InChI is InChI=1S/C14H13ClN4OS/c15-9-5-7-10(8-6-9)17-14(21)19-18-13(20)11-3-1-2-4-12(11)16/h1-8H,16H2,(H,18,20)(H2,17,19,21). The van der Waals surface area contributed by atoms with Gasteiger partial charge < -0.3 is 11.1 Å². The highest BCUT2D eigenvalue weighted by atomic mass is 35.5. The smallest absolute Gasteiger partial charge is 0.271 e. The summed E-state index contributed by atoms with van der Waals surface area (Å²) in [7, 11) is 0. The van der Waals surface area contributed by atoms with E-state index in [0.29, 0.717) is 16.3 Å². The van der Waals surface area contributed by atoms with E-state index in [4.69, 9.17) is 29.6 Å². The number of hydrogen-bond acceptors (Lipinski definition) is 3. The lowest BCUT2D eigenvalue weighted by atomic mass is 10.2. The van der Waals surface area contributed by atoms with Crippen LogP contribution < -0.4 is 21.9 Å². The predicted octanol–water partition coefficient (Wildman–Crippen LogP) is 2.55. The molecule has 21 heavy (non-hydrogen) atoms. The summed E-state index contributed by atoms with van der Waals surface area (Å²) in [5, 5.41) is 3.79. The quantitative estimate of drug-likeness (QED) is 0.388. The second kappa shape index (κ2) is 6.92. The van der Waals surface area contributed by atoms with Gasteiger partial charge in [-0.25, -0.2) is 0 Å². The molecular formula is C14H13ClN4OS. The highest BCUT2D eigenvalue weighted by Crippen LogP contribution is 2.13. The van der Waals surface area contributed by atoms with Gasteiger partial charge >= 0.3 is 0 Å². The Morgan fingerprint density at radius 1 is 1.05 bits per heavy atom. The van der Waals surface area contributed by atoms with Gasteiger partial charge in [0.2, 0.25) is 0 Å². The summed E-state index contributed by atoms with van der Waals surface area (Å²) in [4.78, 5) is 11.9. The fourth-order valence-corrected chi connectivity index (χ4v) is 1.88. The number of benzene rings is 2. The van der Waals surface area contributed by atoms with Gasteiger partial charge in [-0.15, -0.1) is 0 Å². The topological polar surface area (TPSA) is 79.2 Å². The maximum absolute atomic E-state index is 11.9. The molecule has 0 aliphatic rings. The summed E-state index contributed by atoms with van der Waals surface area (Å²) >= 11 is 10.9. The van der Waals surface area contributed by atoms with Crippen LogP contribution in [0.2, 0.25) is 5.02 Å². The number of nitrogen functional groups attached to an aromatic ring is 1. The van der Waals surface area contributed by atoms with Gasteiger partial charge in [0.15, 0.2) is 5.11 Å². The van der Waals surface area contributed by atoms with Gasteiger partial charge in [-0.05, 0) is 48.6 Å². The maximum atomic E-state index is 11.9. The van der Waals surface area contributed by atoms with Gasteiger partial charge in [0.1, 0.15) is 0 Å².